The summed E-state index contributed by atoms with van der Waals surface area (Å²) < 4.78 is 10.1. The maximum atomic E-state index is 10.9. The van der Waals surface area contributed by atoms with Crippen molar-refractivity contribution in [2.45, 2.75) is 12.5 Å². The van der Waals surface area contributed by atoms with Gasteiger partial charge in [-0.25, -0.2) is 9.78 Å². The minimum absolute atomic E-state index is 0.156. The second kappa shape index (κ2) is 2.92. The number of aromatic nitrogens is 2. The van der Waals surface area contributed by atoms with Gasteiger partial charge in [-0.05, 0) is 0 Å². The molecular weight excluding hydrogens is 214 g/mol. The van der Waals surface area contributed by atoms with Crippen LogP contribution in [0.5, 0.6) is 0 Å². The van der Waals surface area contributed by atoms with Crippen molar-refractivity contribution >= 4 is 5.97 Å². The van der Waals surface area contributed by atoms with Crippen LogP contribution in [0.4, 0.5) is 0 Å². The van der Waals surface area contributed by atoms with E-state index in [9.17, 15) is 4.79 Å². The summed E-state index contributed by atoms with van der Waals surface area (Å²) in [5, 5.41) is 12.4. The average Bonchev–Trinajstić information content (AvgIpc) is 2.80. The molecular formula is C9H7N3O4. The van der Waals surface area contributed by atoms with Crippen LogP contribution in [0.25, 0.3) is 11.5 Å². The van der Waals surface area contributed by atoms with E-state index in [0.29, 0.717) is 29.2 Å². The summed E-state index contributed by atoms with van der Waals surface area (Å²) in [7, 11) is 0. The second-order valence-electron chi connectivity index (χ2n) is 3.51. The van der Waals surface area contributed by atoms with Crippen LogP contribution in [0.3, 0.4) is 0 Å². The van der Waals surface area contributed by atoms with Gasteiger partial charge in [-0.15, -0.1) is 0 Å². The summed E-state index contributed by atoms with van der Waals surface area (Å²) >= 11 is 0. The lowest BCUT2D eigenvalue weighted by molar-refractivity contribution is 0.0684. The lowest BCUT2D eigenvalue weighted by Gasteiger charge is -2.14. The maximum Gasteiger partial charge on any atom is 0.358 e. The van der Waals surface area contributed by atoms with E-state index in [1.54, 1.807) is 0 Å². The molecule has 2 aromatic heterocycles. The Balaban J connectivity index is 2.27. The highest BCUT2D eigenvalue weighted by Gasteiger charge is 2.35. The first-order chi connectivity index (χ1) is 7.68. The fraction of sp³-hybridized carbons (Fsp3) is 0.222. The van der Waals surface area contributed by atoms with Gasteiger partial charge in [0.2, 0.25) is 0 Å². The molecule has 0 spiro atoms. The summed E-state index contributed by atoms with van der Waals surface area (Å²) in [5.41, 5.74) is 6.56. The number of hydrogen-bond donors (Lipinski definition) is 2. The zero-order chi connectivity index (χ0) is 11.3. The first-order valence-corrected chi connectivity index (χ1v) is 4.59. The lowest BCUT2D eigenvalue weighted by Crippen LogP contribution is -2.20. The van der Waals surface area contributed by atoms with E-state index >= 15 is 0 Å². The highest BCUT2D eigenvalue weighted by Crippen LogP contribution is 2.38. The van der Waals surface area contributed by atoms with Gasteiger partial charge in [0.1, 0.15) is 5.76 Å². The molecule has 16 heavy (non-hydrogen) atoms. The van der Waals surface area contributed by atoms with Crippen LogP contribution < -0.4 is 5.73 Å². The quantitative estimate of drug-likeness (QED) is 0.723. The summed E-state index contributed by atoms with van der Waals surface area (Å²) in [4.78, 5) is 14.9. The standard InChI is InChI=1S/C9H7N3O4/c10-3-1-4-6(11-2-15-4)8-5(3)7(9(13)14)12-16-8/h2-3H,1,10H2,(H,13,14). The van der Waals surface area contributed by atoms with Gasteiger partial charge in [-0.2, -0.15) is 0 Å². The molecule has 7 nitrogen and oxygen atoms in total. The molecule has 0 aliphatic heterocycles. The second-order valence-corrected chi connectivity index (χ2v) is 3.51. The number of nitrogens with zero attached hydrogens (tertiary/aromatic N) is 2. The fourth-order valence-corrected chi connectivity index (χ4v) is 1.87. The van der Waals surface area contributed by atoms with E-state index < -0.39 is 12.0 Å². The van der Waals surface area contributed by atoms with Gasteiger partial charge in [0.05, 0.1) is 5.56 Å². The monoisotopic (exact) mass is 221 g/mol. The SMILES string of the molecule is NC1Cc2ocnc2-c2onc(C(=O)O)c21. The van der Waals surface area contributed by atoms with E-state index in [-0.39, 0.29) is 5.69 Å². The van der Waals surface area contributed by atoms with Crippen molar-refractivity contribution in [2.24, 2.45) is 5.73 Å². The summed E-state index contributed by atoms with van der Waals surface area (Å²) in [6.45, 7) is 0. The summed E-state index contributed by atoms with van der Waals surface area (Å²) in [5.74, 6) is -0.277. The van der Waals surface area contributed by atoms with Crippen LogP contribution in [0.1, 0.15) is 27.9 Å². The van der Waals surface area contributed by atoms with Crippen LogP contribution in [0, 0.1) is 0 Å². The highest BCUT2D eigenvalue weighted by atomic mass is 16.5. The van der Waals surface area contributed by atoms with Crippen molar-refractivity contribution in [3.8, 4) is 11.5 Å². The smallest absolute Gasteiger partial charge is 0.358 e. The summed E-state index contributed by atoms with van der Waals surface area (Å²) in [6, 6.07) is -0.493. The van der Waals surface area contributed by atoms with Gasteiger partial charge in [-0.1, -0.05) is 5.16 Å². The molecule has 0 bridgehead atoms. The van der Waals surface area contributed by atoms with E-state index in [1.165, 1.54) is 6.39 Å². The molecule has 82 valence electrons. The molecule has 0 aromatic carbocycles. The molecule has 0 saturated heterocycles. The third-order valence-electron chi connectivity index (χ3n) is 2.56. The molecule has 0 amide bonds. The van der Waals surface area contributed by atoms with Crippen molar-refractivity contribution < 1.29 is 18.8 Å². The average molecular weight is 221 g/mol. The predicted molar refractivity (Wildman–Crippen MR) is 49.6 cm³/mol. The third kappa shape index (κ3) is 1.03. The van der Waals surface area contributed by atoms with Crippen molar-refractivity contribution in [3.05, 3.63) is 23.4 Å². The van der Waals surface area contributed by atoms with Crippen LogP contribution in [-0.2, 0) is 6.42 Å². The minimum atomic E-state index is -1.16. The zero-order valence-electron chi connectivity index (χ0n) is 8.01. The molecule has 0 saturated carbocycles. The number of rotatable bonds is 1. The Bertz CT molecular complexity index is 571. The number of oxazole rings is 1. The van der Waals surface area contributed by atoms with E-state index in [2.05, 4.69) is 10.1 Å². The van der Waals surface area contributed by atoms with Crippen LogP contribution in [0.2, 0.25) is 0 Å². The highest BCUT2D eigenvalue weighted by molar-refractivity contribution is 5.89. The van der Waals surface area contributed by atoms with Gasteiger partial charge >= 0.3 is 5.97 Å². The van der Waals surface area contributed by atoms with Gasteiger partial charge < -0.3 is 19.8 Å². The number of nitrogens with two attached hydrogens (primary N) is 1. The Hall–Kier alpha value is -2.15. The number of aromatic carboxylic acids is 1. The van der Waals surface area contributed by atoms with E-state index in [0.717, 1.165) is 0 Å². The molecule has 3 rings (SSSR count). The Morgan fingerprint density at radius 1 is 1.62 bits per heavy atom. The first-order valence-electron chi connectivity index (χ1n) is 4.59. The van der Waals surface area contributed by atoms with Gasteiger partial charge in [0.15, 0.2) is 23.5 Å². The maximum absolute atomic E-state index is 10.9. The van der Waals surface area contributed by atoms with Crippen molar-refractivity contribution in [3.63, 3.8) is 0 Å². The number of carboxylic acids is 1. The van der Waals surface area contributed by atoms with Crippen molar-refractivity contribution in [2.75, 3.05) is 0 Å². The van der Waals surface area contributed by atoms with Crippen LogP contribution in [-0.4, -0.2) is 21.2 Å². The van der Waals surface area contributed by atoms with Crippen molar-refractivity contribution in [1.82, 2.24) is 10.1 Å². The Labute approximate surface area is 88.9 Å². The van der Waals surface area contributed by atoms with E-state index in [4.69, 9.17) is 19.8 Å². The van der Waals surface area contributed by atoms with Crippen molar-refractivity contribution in [1.29, 1.82) is 0 Å². The molecule has 1 atom stereocenters. The van der Waals surface area contributed by atoms with Crippen LogP contribution in [0.15, 0.2) is 15.3 Å². The molecule has 0 radical (unpaired) electrons. The number of fused-ring (bicyclic) bond motifs is 3. The molecule has 2 heterocycles. The fourth-order valence-electron chi connectivity index (χ4n) is 1.87. The van der Waals surface area contributed by atoms with E-state index in [1.807, 2.05) is 0 Å². The largest absolute Gasteiger partial charge is 0.476 e. The Kier molecular flexibility index (Phi) is 1.66. The molecule has 1 unspecified atom stereocenters. The molecule has 0 fully saturated rings. The summed E-state index contributed by atoms with van der Waals surface area (Å²) in [6.07, 6.45) is 1.67. The molecule has 1 aliphatic carbocycles. The topological polar surface area (TPSA) is 115 Å². The third-order valence-corrected chi connectivity index (χ3v) is 2.56. The predicted octanol–water partition coefficient (Wildman–Crippen LogP) is 0.584. The van der Waals surface area contributed by atoms with Gasteiger partial charge in [-0.3, -0.25) is 0 Å². The van der Waals surface area contributed by atoms with Crippen LogP contribution >= 0.6 is 0 Å². The lowest BCUT2D eigenvalue weighted by atomic mass is 9.93. The first kappa shape index (κ1) is 9.10. The number of hydrogen-bond acceptors (Lipinski definition) is 6. The Morgan fingerprint density at radius 3 is 3.19 bits per heavy atom. The molecule has 1 aliphatic rings. The molecule has 7 heteroatoms. The minimum Gasteiger partial charge on any atom is -0.476 e. The number of carboxylic acid groups (broad SMARTS) is 1. The molecule has 3 N–H and O–H groups in total. The van der Waals surface area contributed by atoms with Gasteiger partial charge in [0.25, 0.3) is 0 Å². The zero-order valence-corrected chi connectivity index (χ0v) is 8.01. The normalized spacial score (nSPS) is 17.9. The molecule has 2 aromatic rings. The number of carbonyl (C=O) groups is 1. The van der Waals surface area contributed by atoms with Gasteiger partial charge in [0, 0.05) is 12.5 Å². The Morgan fingerprint density at radius 2 is 2.44 bits per heavy atom.